The molecule has 0 spiro atoms. The van der Waals surface area contributed by atoms with E-state index in [1.54, 1.807) is 0 Å². The third-order valence-corrected chi connectivity index (χ3v) is 3.55. The van der Waals surface area contributed by atoms with E-state index in [0.29, 0.717) is 17.5 Å². The lowest BCUT2D eigenvalue weighted by atomic mass is 10.1. The van der Waals surface area contributed by atoms with Crippen LogP contribution in [0.3, 0.4) is 0 Å². The first-order valence-corrected chi connectivity index (χ1v) is 7.88. The van der Waals surface area contributed by atoms with Gasteiger partial charge in [0, 0.05) is 0 Å². The van der Waals surface area contributed by atoms with Gasteiger partial charge in [-0.25, -0.2) is 9.59 Å². The summed E-state index contributed by atoms with van der Waals surface area (Å²) < 4.78 is 10.4. The van der Waals surface area contributed by atoms with Gasteiger partial charge in [0.25, 0.3) is 0 Å². The molecule has 132 valence electrons. The highest BCUT2D eigenvalue weighted by Gasteiger charge is 2.12. The fourth-order valence-electron chi connectivity index (χ4n) is 2.02. The highest BCUT2D eigenvalue weighted by Crippen LogP contribution is 2.13. The number of benzene rings is 2. The van der Waals surface area contributed by atoms with Crippen molar-refractivity contribution in [1.29, 1.82) is 0 Å². The molecular formula is C19H20O6. The summed E-state index contributed by atoms with van der Waals surface area (Å²) in [7, 11) is 0. The lowest BCUT2D eigenvalue weighted by Crippen LogP contribution is -2.15. The van der Waals surface area contributed by atoms with Crippen molar-refractivity contribution in [3.8, 4) is 11.5 Å². The van der Waals surface area contributed by atoms with Crippen LogP contribution < -0.4 is 0 Å². The maximum Gasteiger partial charge on any atom is 0.338 e. The van der Waals surface area contributed by atoms with Crippen molar-refractivity contribution in [3.05, 3.63) is 59.7 Å². The summed E-state index contributed by atoms with van der Waals surface area (Å²) in [5.74, 6) is -0.740. The number of ether oxygens (including phenoxy) is 2. The second kappa shape index (κ2) is 8.73. The van der Waals surface area contributed by atoms with Gasteiger partial charge in [0.15, 0.2) is 0 Å². The Balaban J connectivity index is 1.69. The molecule has 0 amide bonds. The van der Waals surface area contributed by atoms with Crippen LogP contribution in [0.2, 0.25) is 0 Å². The average molecular weight is 344 g/mol. The molecule has 1 atom stereocenters. The molecule has 0 fully saturated rings. The Morgan fingerprint density at radius 3 is 1.76 bits per heavy atom. The van der Waals surface area contributed by atoms with Crippen molar-refractivity contribution in [1.82, 2.24) is 0 Å². The van der Waals surface area contributed by atoms with E-state index < -0.39 is 11.9 Å². The van der Waals surface area contributed by atoms with Crippen molar-refractivity contribution in [2.24, 2.45) is 5.92 Å². The normalized spacial score (nSPS) is 11.6. The number of rotatable bonds is 7. The molecule has 1 unspecified atom stereocenters. The van der Waals surface area contributed by atoms with Gasteiger partial charge in [-0.1, -0.05) is 6.92 Å². The maximum atomic E-state index is 11.8. The van der Waals surface area contributed by atoms with E-state index in [-0.39, 0.29) is 30.6 Å². The van der Waals surface area contributed by atoms with E-state index in [0.717, 1.165) is 0 Å². The van der Waals surface area contributed by atoms with Crippen molar-refractivity contribution in [2.75, 3.05) is 13.2 Å². The van der Waals surface area contributed by atoms with Crippen molar-refractivity contribution < 1.29 is 29.3 Å². The molecule has 0 aliphatic rings. The Labute approximate surface area is 145 Å². The molecule has 25 heavy (non-hydrogen) atoms. The minimum atomic E-state index is -0.465. The van der Waals surface area contributed by atoms with Crippen molar-refractivity contribution >= 4 is 11.9 Å². The zero-order valence-electron chi connectivity index (χ0n) is 13.8. The fraction of sp³-hybridized carbons (Fsp3) is 0.263. The Hall–Kier alpha value is -3.02. The minimum absolute atomic E-state index is 0.0219. The zero-order valence-corrected chi connectivity index (χ0v) is 13.8. The third kappa shape index (κ3) is 5.84. The van der Waals surface area contributed by atoms with Crippen LogP contribution in [-0.2, 0) is 9.47 Å². The molecule has 2 aromatic rings. The van der Waals surface area contributed by atoms with Crippen molar-refractivity contribution in [3.63, 3.8) is 0 Å². The minimum Gasteiger partial charge on any atom is -0.508 e. The summed E-state index contributed by atoms with van der Waals surface area (Å²) in [5.41, 5.74) is 0.730. The van der Waals surface area contributed by atoms with Crippen LogP contribution >= 0.6 is 0 Å². The predicted octanol–water partition coefficient (Wildman–Crippen LogP) is 3.14. The first-order valence-electron chi connectivity index (χ1n) is 7.88. The summed E-state index contributed by atoms with van der Waals surface area (Å²) >= 11 is 0. The van der Waals surface area contributed by atoms with E-state index in [4.69, 9.17) is 9.47 Å². The number of phenolic OH excluding ortho intramolecular Hbond substituents is 2. The molecule has 0 aliphatic heterocycles. The van der Waals surface area contributed by atoms with Gasteiger partial charge in [-0.15, -0.1) is 0 Å². The number of hydrogen-bond donors (Lipinski definition) is 2. The second-order valence-corrected chi connectivity index (χ2v) is 5.72. The number of phenols is 2. The number of aromatic hydroxyl groups is 2. The van der Waals surface area contributed by atoms with Gasteiger partial charge in [-0.3, -0.25) is 0 Å². The molecule has 0 aromatic heterocycles. The number of esters is 2. The Morgan fingerprint density at radius 1 is 0.840 bits per heavy atom. The van der Waals surface area contributed by atoms with Crippen molar-refractivity contribution in [2.45, 2.75) is 13.3 Å². The molecule has 0 heterocycles. The highest BCUT2D eigenvalue weighted by atomic mass is 16.5. The predicted molar refractivity (Wildman–Crippen MR) is 90.6 cm³/mol. The first-order chi connectivity index (χ1) is 12.0. The number of carbonyl (C=O) groups is 2. The molecule has 2 aromatic carbocycles. The maximum absolute atomic E-state index is 11.8. The van der Waals surface area contributed by atoms with E-state index in [1.807, 2.05) is 6.92 Å². The standard InChI is InChI=1S/C19H20O6/c1-13(12-25-19(23)15-4-8-17(21)9-5-15)10-11-24-18(22)14-2-6-16(20)7-3-14/h2-9,13,20-21H,10-12H2,1H3. The van der Waals surface area contributed by atoms with Crippen LogP contribution in [0.4, 0.5) is 0 Å². The average Bonchev–Trinajstić information content (AvgIpc) is 2.60. The molecule has 6 heteroatoms. The van der Waals surface area contributed by atoms with Crippen LogP contribution in [0.1, 0.15) is 34.1 Å². The first kappa shape index (κ1) is 18.3. The summed E-state index contributed by atoms with van der Waals surface area (Å²) in [6, 6.07) is 11.6. The van der Waals surface area contributed by atoms with Crippen LogP contribution in [0.25, 0.3) is 0 Å². The fourth-order valence-corrected chi connectivity index (χ4v) is 2.02. The second-order valence-electron chi connectivity index (χ2n) is 5.72. The van der Waals surface area contributed by atoms with E-state index in [2.05, 4.69) is 0 Å². The van der Waals surface area contributed by atoms with E-state index in [9.17, 15) is 19.8 Å². The summed E-state index contributed by atoms with van der Waals surface area (Å²) in [4.78, 5) is 23.7. The quantitative estimate of drug-likeness (QED) is 0.750. The molecule has 2 rings (SSSR count). The van der Waals surface area contributed by atoms with Crippen LogP contribution in [0, 0.1) is 5.92 Å². The number of carbonyl (C=O) groups excluding carboxylic acids is 2. The summed E-state index contributed by atoms with van der Waals surface area (Å²) in [6.07, 6.45) is 0.548. The Bertz CT molecular complexity index is 706. The topological polar surface area (TPSA) is 93.1 Å². The van der Waals surface area contributed by atoms with Gasteiger partial charge < -0.3 is 19.7 Å². The summed E-state index contributed by atoms with van der Waals surface area (Å²) in [6.45, 7) is 2.30. The zero-order chi connectivity index (χ0) is 18.2. The largest absolute Gasteiger partial charge is 0.508 e. The SMILES string of the molecule is CC(CCOC(=O)c1ccc(O)cc1)COC(=O)c1ccc(O)cc1. The van der Waals surface area contributed by atoms with Crippen LogP contribution in [0.15, 0.2) is 48.5 Å². The van der Waals surface area contributed by atoms with Gasteiger partial charge in [0.1, 0.15) is 11.5 Å². The van der Waals surface area contributed by atoms with Gasteiger partial charge in [-0.2, -0.15) is 0 Å². The number of hydrogen-bond acceptors (Lipinski definition) is 6. The lowest BCUT2D eigenvalue weighted by molar-refractivity contribution is 0.0367. The molecule has 0 bridgehead atoms. The lowest BCUT2D eigenvalue weighted by Gasteiger charge is -2.12. The molecule has 6 nitrogen and oxygen atoms in total. The molecule has 0 saturated carbocycles. The van der Waals surface area contributed by atoms with E-state index in [1.165, 1.54) is 48.5 Å². The molecule has 0 saturated heterocycles. The smallest absolute Gasteiger partial charge is 0.338 e. The molecule has 0 radical (unpaired) electrons. The van der Waals surface area contributed by atoms with Gasteiger partial charge in [-0.05, 0) is 60.9 Å². The molecular weight excluding hydrogens is 324 g/mol. The third-order valence-electron chi connectivity index (χ3n) is 3.55. The molecule has 0 aliphatic carbocycles. The highest BCUT2D eigenvalue weighted by molar-refractivity contribution is 5.90. The Kier molecular flexibility index (Phi) is 6.39. The van der Waals surface area contributed by atoms with Crippen LogP contribution in [0.5, 0.6) is 11.5 Å². The van der Waals surface area contributed by atoms with Crippen LogP contribution in [-0.4, -0.2) is 35.4 Å². The monoisotopic (exact) mass is 344 g/mol. The van der Waals surface area contributed by atoms with Gasteiger partial charge >= 0.3 is 11.9 Å². The Morgan fingerprint density at radius 2 is 1.28 bits per heavy atom. The van der Waals surface area contributed by atoms with E-state index >= 15 is 0 Å². The van der Waals surface area contributed by atoms with Gasteiger partial charge in [0.05, 0.1) is 24.3 Å². The summed E-state index contributed by atoms with van der Waals surface area (Å²) in [5, 5.41) is 18.4. The molecule has 2 N–H and O–H groups in total. The van der Waals surface area contributed by atoms with Gasteiger partial charge in [0.2, 0.25) is 0 Å².